The van der Waals surface area contributed by atoms with Crippen molar-refractivity contribution in [2.75, 3.05) is 11.9 Å². The molecule has 0 saturated heterocycles. The highest BCUT2D eigenvalue weighted by atomic mass is 32.2. The molecule has 0 spiro atoms. The van der Waals surface area contributed by atoms with E-state index in [9.17, 15) is 0 Å². The lowest BCUT2D eigenvalue weighted by Gasteiger charge is -2.28. The molecule has 2 aromatic rings. The number of nitrogens with zero attached hydrogens (tertiary/aromatic N) is 2. The maximum atomic E-state index is 4.93. The van der Waals surface area contributed by atoms with Crippen LogP contribution in [0.2, 0.25) is 0 Å². The van der Waals surface area contributed by atoms with Crippen molar-refractivity contribution in [1.29, 1.82) is 0 Å². The summed E-state index contributed by atoms with van der Waals surface area (Å²) in [4.78, 5) is 7.12. The van der Waals surface area contributed by atoms with Crippen molar-refractivity contribution in [3.8, 4) is 0 Å². The van der Waals surface area contributed by atoms with Gasteiger partial charge in [-0.2, -0.15) is 0 Å². The summed E-state index contributed by atoms with van der Waals surface area (Å²) in [6.45, 7) is 4.20. The second-order valence-electron chi connectivity index (χ2n) is 5.36. The van der Waals surface area contributed by atoms with Crippen molar-refractivity contribution in [3.05, 3.63) is 65.7 Å². The summed E-state index contributed by atoms with van der Waals surface area (Å²) in [5.41, 5.74) is 6.10. The number of hydrogen-bond acceptors (Lipinski definition) is 2. The molecule has 0 bridgehead atoms. The van der Waals surface area contributed by atoms with Crippen molar-refractivity contribution in [3.63, 3.8) is 0 Å². The fourth-order valence-corrected chi connectivity index (χ4v) is 3.56. The largest absolute Gasteiger partial charge is 0.324 e. The molecule has 22 heavy (non-hydrogen) atoms. The van der Waals surface area contributed by atoms with E-state index >= 15 is 0 Å². The Labute approximate surface area is 136 Å². The van der Waals surface area contributed by atoms with Gasteiger partial charge in [-0.05, 0) is 37.1 Å². The molecule has 0 amide bonds. The Morgan fingerprint density at radius 1 is 1.14 bits per heavy atom. The monoisotopic (exact) mass is 308 g/mol. The third kappa shape index (κ3) is 2.81. The lowest BCUT2D eigenvalue weighted by atomic mass is 10.1. The van der Waals surface area contributed by atoms with Gasteiger partial charge in [-0.15, -0.1) is 0 Å². The van der Waals surface area contributed by atoms with Crippen LogP contribution in [0.5, 0.6) is 0 Å². The van der Waals surface area contributed by atoms with Gasteiger partial charge in [0.2, 0.25) is 0 Å². The highest BCUT2D eigenvalue weighted by molar-refractivity contribution is 8.13. The van der Waals surface area contributed by atoms with Crippen LogP contribution in [-0.2, 0) is 5.75 Å². The van der Waals surface area contributed by atoms with Gasteiger partial charge in [-0.3, -0.25) is 0 Å². The summed E-state index contributed by atoms with van der Waals surface area (Å²) in [7, 11) is 2.09. The molecule has 0 aliphatic carbocycles. The zero-order valence-electron chi connectivity index (χ0n) is 13.2. The molecule has 1 aliphatic heterocycles. The van der Waals surface area contributed by atoms with Crippen LogP contribution in [0.4, 0.5) is 11.4 Å². The molecule has 2 aromatic carbocycles. The van der Waals surface area contributed by atoms with Gasteiger partial charge in [0.15, 0.2) is 5.17 Å². The molecule has 3 heteroatoms. The van der Waals surface area contributed by atoms with Gasteiger partial charge in [0.1, 0.15) is 0 Å². The third-order valence-corrected chi connectivity index (χ3v) is 5.05. The number of benzene rings is 2. The van der Waals surface area contributed by atoms with E-state index in [1.807, 2.05) is 6.07 Å². The Kier molecular flexibility index (Phi) is 4.34. The zero-order valence-corrected chi connectivity index (χ0v) is 14.0. The third-order valence-electron chi connectivity index (χ3n) is 3.97. The van der Waals surface area contributed by atoms with Gasteiger partial charge in [-0.25, -0.2) is 4.99 Å². The summed E-state index contributed by atoms with van der Waals surface area (Å²) < 4.78 is 0. The molecule has 0 aromatic heterocycles. The fourth-order valence-electron chi connectivity index (χ4n) is 2.57. The smallest absolute Gasteiger partial charge is 0.168 e. The number of fused-ring (bicyclic) bond motifs is 1. The second-order valence-corrected chi connectivity index (χ2v) is 6.30. The Balaban J connectivity index is 2.01. The van der Waals surface area contributed by atoms with Crippen molar-refractivity contribution in [2.24, 2.45) is 4.99 Å². The first-order chi connectivity index (χ1) is 10.7. The molecule has 0 fully saturated rings. The Morgan fingerprint density at radius 3 is 2.68 bits per heavy atom. The van der Waals surface area contributed by atoms with Crippen LogP contribution in [0.1, 0.15) is 25.0 Å². The van der Waals surface area contributed by atoms with Crippen LogP contribution in [-0.4, -0.2) is 12.2 Å². The summed E-state index contributed by atoms with van der Waals surface area (Å²) in [5.74, 6) is 0.976. The van der Waals surface area contributed by atoms with E-state index in [1.165, 1.54) is 22.4 Å². The van der Waals surface area contributed by atoms with E-state index in [-0.39, 0.29) is 0 Å². The Hall–Kier alpha value is -2.00. The van der Waals surface area contributed by atoms with Crippen molar-refractivity contribution >= 4 is 33.9 Å². The van der Waals surface area contributed by atoms with Crippen LogP contribution in [0, 0.1) is 0 Å². The molecular formula is C19H20N2S. The number of thioether (sulfide) groups is 1. The zero-order chi connectivity index (χ0) is 15.5. The van der Waals surface area contributed by atoms with Crippen LogP contribution in [0.25, 0.3) is 5.57 Å². The number of hydrogen-bond donors (Lipinski definition) is 0. The number of aliphatic imine (C=N–C) groups is 1. The maximum absolute atomic E-state index is 4.93. The van der Waals surface area contributed by atoms with E-state index in [0.29, 0.717) is 0 Å². The molecule has 1 heterocycles. The maximum Gasteiger partial charge on any atom is 0.168 e. The van der Waals surface area contributed by atoms with Crippen LogP contribution < -0.4 is 4.90 Å². The molecule has 0 saturated carbocycles. The van der Waals surface area contributed by atoms with Crippen LogP contribution in [0.3, 0.4) is 0 Å². The molecule has 0 atom stereocenters. The normalized spacial score (nSPS) is 16.8. The van der Waals surface area contributed by atoms with E-state index < -0.39 is 0 Å². The molecule has 2 nitrogen and oxygen atoms in total. The van der Waals surface area contributed by atoms with E-state index in [2.05, 4.69) is 74.3 Å². The van der Waals surface area contributed by atoms with Gasteiger partial charge >= 0.3 is 0 Å². The summed E-state index contributed by atoms with van der Waals surface area (Å²) in [6.07, 6.45) is 2.13. The molecule has 3 rings (SSSR count). The van der Waals surface area contributed by atoms with Gasteiger partial charge in [0.05, 0.1) is 5.69 Å². The standard InChI is InChI=1S/C19H20N2S/c1-4-14(2)16-10-6-7-11-17(16)20-19-21(3)18-12-8-5-9-15(18)13-22-19/h4-12H,13H2,1-3H3. The average Bonchev–Trinajstić information content (AvgIpc) is 2.57. The Morgan fingerprint density at radius 2 is 1.86 bits per heavy atom. The molecular weight excluding hydrogens is 288 g/mol. The first kappa shape index (κ1) is 14.9. The van der Waals surface area contributed by atoms with Crippen molar-refractivity contribution < 1.29 is 0 Å². The number of anilines is 1. The summed E-state index contributed by atoms with van der Waals surface area (Å²) >= 11 is 1.79. The number of amidine groups is 1. The first-order valence-electron chi connectivity index (χ1n) is 7.46. The quantitative estimate of drug-likeness (QED) is 0.730. The number of para-hydroxylation sites is 2. The topological polar surface area (TPSA) is 15.6 Å². The second kappa shape index (κ2) is 6.41. The minimum Gasteiger partial charge on any atom is -0.324 e. The van der Waals surface area contributed by atoms with E-state index in [4.69, 9.17) is 4.99 Å². The molecule has 112 valence electrons. The summed E-state index contributed by atoms with van der Waals surface area (Å²) in [5, 5.41) is 1.05. The van der Waals surface area contributed by atoms with Gasteiger partial charge in [-0.1, -0.05) is 54.2 Å². The van der Waals surface area contributed by atoms with Crippen molar-refractivity contribution in [2.45, 2.75) is 19.6 Å². The van der Waals surface area contributed by atoms with Gasteiger partial charge < -0.3 is 4.90 Å². The minimum absolute atomic E-state index is 0.976. The highest BCUT2D eigenvalue weighted by Crippen LogP contribution is 2.35. The van der Waals surface area contributed by atoms with Crippen molar-refractivity contribution in [1.82, 2.24) is 0 Å². The SMILES string of the molecule is CC=C(C)c1ccccc1N=C1SCc2ccccc2N1C. The predicted octanol–water partition coefficient (Wildman–Crippen LogP) is 5.48. The molecule has 0 unspecified atom stereocenters. The lowest BCUT2D eigenvalue weighted by Crippen LogP contribution is -2.27. The average molecular weight is 308 g/mol. The van der Waals surface area contributed by atoms with E-state index in [0.717, 1.165) is 16.6 Å². The summed E-state index contributed by atoms with van der Waals surface area (Å²) in [6, 6.07) is 16.9. The molecule has 0 N–H and O–H groups in total. The molecule has 1 aliphatic rings. The van der Waals surface area contributed by atoms with Gasteiger partial charge in [0.25, 0.3) is 0 Å². The molecule has 0 radical (unpaired) electrons. The number of rotatable bonds is 2. The van der Waals surface area contributed by atoms with Crippen LogP contribution >= 0.6 is 11.8 Å². The van der Waals surface area contributed by atoms with E-state index in [1.54, 1.807) is 11.8 Å². The Bertz CT molecular complexity index is 747. The number of allylic oxidation sites excluding steroid dienone is 2. The predicted molar refractivity (Wildman–Crippen MR) is 99.0 cm³/mol. The highest BCUT2D eigenvalue weighted by Gasteiger charge is 2.19. The van der Waals surface area contributed by atoms with Gasteiger partial charge in [0, 0.05) is 24.1 Å². The minimum atomic E-state index is 0.976. The first-order valence-corrected chi connectivity index (χ1v) is 8.44. The fraction of sp³-hybridized carbons (Fsp3) is 0.211. The van der Waals surface area contributed by atoms with Crippen LogP contribution in [0.15, 0.2) is 59.6 Å². The lowest BCUT2D eigenvalue weighted by molar-refractivity contribution is 1.21.